The zero-order chi connectivity index (χ0) is 46.4. The van der Waals surface area contributed by atoms with Crippen LogP contribution in [0.15, 0.2) is 155 Å². The number of hydrogen-bond donors (Lipinski definition) is 0. The fraction of sp³-hybridized carbons (Fsp3) is 0.333. The Hall–Kier alpha value is -3.04. The van der Waals surface area contributed by atoms with Gasteiger partial charge in [0, 0.05) is 0 Å². The van der Waals surface area contributed by atoms with Gasteiger partial charge >= 0.3 is 128 Å². The van der Waals surface area contributed by atoms with Gasteiger partial charge in [0.25, 0.3) is 0 Å². The zero-order valence-electron chi connectivity index (χ0n) is 40.8. The van der Waals surface area contributed by atoms with E-state index in [1.54, 1.807) is 11.1 Å². The van der Waals surface area contributed by atoms with E-state index in [4.69, 9.17) is 0 Å². The molecule has 0 aliphatic heterocycles. The van der Waals surface area contributed by atoms with Gasteiger partial charge in [-0.05, 0) is 82.6 Å². The molecule has 2 fully saturated rings. The predicted molar refractivity (Wildman–Crippen MR) is 287 cm³/mol. The summed E-state index contributed by atoms with van der Waals surface area (Å²) in [5, 5.41) is 0. The maximum atomic E-state index is 4.12. The summed E-state index contributed by atoms with van der Waals surface area (Å²) in [6, 6.07) is 57.4. The molecule has 0 unspecified atom stereocenters. The summed E-state index contributed by atoms with van der Waals surface area (Å²) < 4.78 is 3.62. The Morgan fingerprint density at radius 3 is 1.44 bits per heavy atom. The van der Waals surface area contributed by atoms with Crippen molar-refractivity contribution in [1.29, 1.82) is 0 Å². The van der Waals surface area contributed by atoms with Gasteiger partial charge in [0.1, 0.15) is 0 Å². The predicted octanol–water partition coefficient (Wildman–Crippen LogP) is 12.8. The molecule has 0 atom stereocenters. The van der Waals surface area contributed by atoms with Crippen molar-refractivity contribution >= 4 is 35.1 Å². The van der Waals surface area contributed by atoms with Gasteiger partial charge in [0.2, 0.25) is 0 Å². The molecule has 2 saturated carbocycles. The molecule has 0 radical (unpaired) electrons. The fourth-order valence-electron chi connectivity index (χ4n) is 10.6. The Balaban J connectivity index is 0.000000274. The molecule has 0 amide bonds. The van der Waals surface area contributed by atoms with Gasteiger partial charge < -0.3 is 24.8 Å². The van der Waals surface area contributed by atoms with Crippen molar-refractivity contribution in [2.24, 2.45) is 0 Å². The van der Waals surface area contributed by atoms with E-state index in [1.165, 1.54) is 158 Å². The summed E-state index contributed by atoms with van der Waals surface area (Å²) in [6.07, 6.45) is 14.5. The second-order valence-electron chi connectivity index (χ2n) is 20.9. The quantitative estimate of drug-likeness (QED) is 0.146. The topological polar surface area (TPSA) is 0 Å². The van der Waals surface area contributed by atoms with Gasteiger partial charge in [0.05, 0.1) is 0 Å². The summed E-state index contributed by atoms with van der Waals surface area (Å²) in [7, 11) is 0. The average Bonchev–Trinajstić information content (AvgIpc) is 4.04. The third kappa shape index (κ3) is 13.1. The second kappa shape index (κ2) is 24.4. The molecule has 5 heteroatoms. The second-order valence-corrected chi connectivity index (χ2v) is 23.9. The number of fused-ring (bicyclic) bond motifs is 3. The minimum Gasteiger partial charge on any atom is -1.00 e. The molecule has 0 bridgehead atoms. The van der Waals surface area contributed by atoms with Crippen LogP contribution in [0.4, 0.5) is 0 Å². The minimum atomic E-state index is 0. The van der Waals surface area contributed by atoms with Crippen LogP contribution in [-0.4, -0.2) is 3.21 Å². The number of rotatable bonds is 6. The molecule has 0 heterocycles. The van der Waals surface area contributed by atoms with Crippen LogP contribution in [0.2, 0.25) is 0 Å². The normalized spacial score (nSPS) is 14.7. The molecule has 0 spiro atoms. The van der Waals surface area contributed by atoms with E-state index in [0.717, 1.165) is 15.4 Å². The van der Waals surface area contributed by atoms with Gasteiger partial charge in [-0.3, -0.25) is 0 Å². The molecular weight excluding hydrogens is 1080 g/mol. The van der Waals surface area contributed by atoms with Crippen LogP contribution in [-0.2, 0) is 41.5 Å². The van der Waals surface area contributed by atoms with Gasteiger partial charge in [-0.25, -0.2) is 12.1 Å². The SMILES string of the molecule is Brc1ccc([C](=[Zr+2])c2ccc(Br)cc2)cc1.CC(C)(C)c1cc2c([c-]c1-c1ccccc1C1CCCCC1)Cc1cc(-c3ccccc3C3CCCCC3)c(C(C)(C)C)cc1-2.[Cl-].[Cl-].c1cc[cH-]c1. The maximum absolute atomic E-state index is 4.12. The monoisotopic (exact) mass is 1140 g/mol. The van der Waals surface area contributed by atoms with Crippen molar-refractivity contribution in [2.75, 3.05) is 0 Å². The molecular formula is C63H66Br2Cl2Zr-2. The van der Waals surface area contributed by atoms with Crippen LogP contribution in [0.25, 0.3) is 33.4 Å². The number of halogens is 4. The molecule has 0 aromatic heterocycles. The first-order valence-electron chi connectivity index (χ1n) is 24.5. The van der Waals surface area contributed by atoms with Crippen molar-refractivity contribution in [3.63, 3.8) is 0 Å². The van der Waals surface area contributed by atoms with Crippen LogP contribution >= 0.6 is 31.9 Å². The van der Waals surface area contributed by atoms with Gasteiger partial charge in [0.15, 0.2) is 0 Å². The van der Waals surface area contributed by atoms with Crippen molar-refractivity contribution in [1.82, 2.24) is 0 Å². The molecule has 0 N–H and O–H groups in total. The summed E-state index contributed by atoms with van der Waals surface area (Å²) in [4.78, 5) is 0. The van der Waals surface area contributed by atoms with Gasteiger partial charge in [-0.2, -0.15) is 18.2 Å². The van der Waals surface area contributed by atoms with E-state index in [-0.39, 0.29) is 35.6 Å². The van der Waals surface area contributed by atoms with E-state index < -0.39 is 0 Å². The van der Waals surface area contributed by atoms with Crippen LogP contribution in [0.1, 0.15) is 162 Å². The van der Waals surface area contributed by atoms with E-state index in [0.29, 0.717) is 11.8 Å². The molecule has 0 saturated heterocycles. The molecule has 3 aliphatic rings. The number of benzene rings is 6. The molecule has 68 heavy (non-hydrogen) atoms. The van der Waals surface area contributed by atoms with Crippen molar-refractivity contribution in [3.8, 4) is 33.4 Å². The van der Waals surface area contributed by atoms with E-state index in [2.05, 4.69) is 195 Å². The summed E-state index contributed by atoms with van der Waals surface area (Å²) >= 11 is 8.34. The first-order chi connectivity index (χ1) is 31.8. The Kier molecular flexibility index (Phi) is 19.5. The summed E-state index contributed by atoms with van der Waals surface area (Å²) in [5.41, 5.74) is 20.1. The molecule has 3 aliphatic carbocycles. The molecule has 7 aromatic rings. The molecule has 10 rings (SSSR count). The Morgan fingerprint density at radius 2 is 0.971 bits per heavy atom. The van der Waals surface area contributed by atoms with Gasteiger partial charge in [-0.1, -0.05) is 163 Å². The van der Waals surface area contributed by atoms with Crippen molar-refractivity contribution < 1.29 is 49.0 Å². The van der Waals surface area contributed by atoms with E-state index in [1.807, 2.05) is 30.3 Å². The third-order valence-electron chi connectivity index (χ3n) is 14.1. The first kappa shape index (κ1) is 54.3. The van der Waals surface area contributed by atoms with Crippen molar-refractivity contribution in [3.05, 3.63) is 205 Å². The van der Waals surface area contributed by atoms with Gasteiger partial charge in [-0.15, -0.1) is 28.8 Å². The molecule has 352 valence electrons. The third-order valence-corrected chi connectivity index (χ3v) is 16.5. The largest absolute Gasteiger partial charge is 1.00 e. The Bertz CT molecular complexity index is 2530. The van der Waals surface area contributed by atoms with Crippen LogP contribution in [0.5, 0.6) is 0 Å². The van der Waals surface area contributed by atoms with E-state index >= 15 is 0 Å². The van der Waals surface area contributed by atoms with Crippen LogP contribution in [0.3, 0.4) is 0 Å². The zero-order valence-corrected chi connectivity index (χ0v) is 47.9. The Labute approximate surface area is 453 Å². The molecule has 0 nitrogen and oxygen atoms in total. The standard InChI is InChI=1S/C45H53.C13H8Br2.C5H5.2ClH.Zr/c1-44(2,3)42-28-38-32(26-40(42)36-23-15-13-21-34(36)30-17-9-7-10-18-30)25-33-27-41(43(29-39(33)38)45(4,5)6)37-24-16-14-22-35(37)31-19-11-8-12-20-31;14-12-5-1-10(2-6-12)9-11-3-7-13(15)8-4-11;1-2-4-5-3-1;;;/h13-16,21-24,26,28-31H,7-12,17-20,25H2,1-6H3;1-8H;1-5H;2*1H;/q-1;;-1;;;+2/p-2. The summed E-state index contributed by atoms with van der Waals surface area (Å²) in [5.74, 6) is 1.35. The Morgan fingerprint density at radius 1 is 0.515 bits per heavy atom. The smallest absolute Gasteiger partial charge is 0.0126 e. The first-order valence-corrected chi connectivity index (χ1v) is 27.3. The van der Waals surface area contributed by atoms with Crippen LogP contribution < -0.4 is 24.8 Å². The maximum Gasteiger partial charge on any atom is -0.0126 e. The molecule has 7 aromatic carbocycles. The van der Waals surface area contributed by atoms with E-state index in [9.17, 15) is 0 Å². The average molecular weight is 1150 g/mol. The van der Waals surface area contributed by atoms with Crippen molar-refractivity contribution in [2.45, 2.75) is 135 Å². The van der Waals surface area contributed by atoms with Crippen LogP contribution in [0, 0.1) is 6.07 Å². The fourth-order valence-corrected chi connectivity index (χ4v) is 11.9. The minimum absolute atomic E-state index is 0. The summed E-state index contributed by atoms with van der Waals surface area (Å²) in [6.45, 7) is 14.4. The number of hydrogen-bond acceptors (Lipinski definition) is 0.